The van der Waals surface area contributed by atoms with Crippen molar-refractivity contribution < 1.29 is 13.6 Å². The van der Waals surface area contributed by atoms with Gasteiger partial charge in [-0.05, 0) is 13.8 Å². The number of hydrogen-bond acceptors (Lipinski definition) is 4. The van der Waals surface area contributed by atoms with E-state index >= 15 is 0 Å². The zero-order valence-corrected chi connectivity index (χ0v) is 10.5. The van der Waals surface area contributed by atoms with E-state index in [-0.39, 0.29) is 18.2 Å². The quantitative estimate of drug-likeness (QED) is 0.744. The third kappa shape index (κ3) is 3.06. The fraction of sp³-hybridized carbons (Fsp3) is 0.455. The number of nitrogens with two attached hydrogens (primary N) is 1. The van der Waals surface area contributed by atoms with Crippen molar-refractivity contribution in [1.29, 1.82) is 0 Å². The van der Waals surface area contributed by atoms with E-state index in [9.17, 15) is 13.6 Å². The van der Waals surface area contributed by atoms with Crippen LogP contribution in [0.3, 0.4) is 0 Å². The molecule has 5 nitrogen and oxygen atoms in total. The number of carbonyl (C=O) groups is 1. The van der Waals surface area contributed by atoms with Crippen LogP contribution in [0.1, 0.15) is 13.8 Å². The first kappa shape index (κ1) is 14.1. The summed E-state index contributed by atoms with van der Waals surface area (Å²) in [7, 11) is 1.47. The van der Waals surface area contributed by atoms with Crippen LogP contribution in [0.5, 0.6) is 0 Å². The smallest absolute Gasteiger partial charge is 0.224 e. The molecular formula is C11H16F2N4O. The summed E-state index contributed by atoms with van der Waals surface area (Å²) >= 11 is 0. The molecule has 7 heteroatoms. The average molecular weight is 258 g/mol. The minimum atomic E-state index is -0.859. The summed E-state index contributed by atoms with van der Waals surface area (Å²) in [5, 5.41) is 5.14. The number of pyridine rings is 1. The van der Waals surface area contributed by atoms with Crippen LogP contribution >= 0.6 is 0 Å². The van der Waals surface area contributed by atoms with E-state index in [2.05, 4.69) is 15.6 Å². The molecule has 1 rings (SSSR count). The second-order valence-electron chi connectivity index (χ2n) is 4.50. The lowest BCUT2D eigenvalue weighted by atomic mass is 9.93. The van der Waals surface area contributed by atoms with Gasteiger partial charge in [0.05, 0.1) is 5.41 Å². The summed E-state index contributed by atoms with van der Waals surface area (Å²) in [5.74, 6) is -2.33. The van der Waals surface area contributed by atoms with Gasteiger partial charge >= 0.3 is 0 Å². The first-order valence-corrected chi connectivity index (χ1v) is 5.35. The Kier molecular flexibility index (Phi) is 4.05. The zero-order chi connectivity index (χ0) is 13.9. The number of rotatable bonds is 5. The maximum absolute atomic E-state index is 13.4. The number of aromatic nitrogens is 1. The number of nitrogens with one attached hydrogen (secondary N) is 2. The summed E-state index contributed by atoms with van der Waals surface area (Å²) in [6.07, 6.45) is 0. The summed E-state index contributed by atoms with van der Waals surface area (Å²) in [5.41, 5.74) is 4.33. The van der Waals surface area contributed by atoms with E-state index in [0.29, 0.717) is 0 Å². The van der Waals surface area contributed by atoms with Crippen LogP contribution in [0.4, 0.5) is 20.4 Å². The minimum Gasteiger partial charge on any atom is -0.371 e. The van der Waals surface area contributed by atoms with Crippen molar-refractivity contribution in [2.75, 3.05) is 24.2 Å². The second kappa shape index (κ2) is 5.16. The van der Waals surface area contributed by atoms with Gasteiger partial charge in [0, 0.05) is 19.7 Å². The molecule has 1 aromatic rings. The van der Waals surface area contributed by atoms with Crippen molar-refractivity contribution in [2.24, 2.45) is 11.1 Å². The SMILES string of the molecule is CNc1nc(NCC(C)(C)C(N)=O)c(F)cc1F. The molecule has 0 aliphatic carbocycles. The van der Waals surface area contributed by atoms with Gasteiger partial charge in [-0.15, -0.1) is 0 Å². The number of amides is 1. The van der Waals surface area contributed by atoms with Crippen LogP contribution < -0.4 is 16.4 Å². The van der Waals surface area contributed by atoms with E-state index in [1.54, 1.807) is 13.8 Å². The predicted molar refractivity (Wildman–Crippen MR) is 65.2 cm³/mol. The zero-order valence-electron chi connectivity index (χ0n) is 10.5. The van der Waals surface area contributed by atoms with E-state index in [4.69, 9.17) is 5.73 Å². The molecule has 0 spiro atoms. The molecule has 0 aliphatic heterocycles. The van der Waals surface area contributed by atoms with Crippen molar-refractivity contribution in [2.45, 2.75) is 13.8 Å². The molecule has 18 heavy (non-hydrogen) atoms. The monoisotopic (exact) mass is 258 g/mol. The van der Waals surface area contributed by atoms with Crippen molar-refractivity contribution in [3.63, 3.8) is 0 Å². The number of hydrogen-bond donors (Lipinski definition) is 3. The molecular weight excluding hydrogens is 242 g/mol. The van der Waals surface area contributed by atoms with E-state index in [1.807, 2.05) is 0 Å². The molecule has 0 fully saturated rings. The van der Waals surface area contributed by atoms with Gasteiger partial charge in [0.1, 0.15) is 0 Å². The Morgan fingerprint density at radius 3 is 2.44 bits per heavy atom. The summed E-state index contributed by atoms with van der Waals surface area (Å²) in [6.45, 7) is 3.33. The average Bonchev–Trinajstić information content (AvgIpc) is 2.27. The molecule has 0 unspecified atom stereocenters. The lowest BCUT2D eigenvalue weighted by Crippen LogP contribution is -2.37. The predicted octanol–water partition coefficient (Wildman–Crippen LogP) is 1.32. The largest absolute Gasteiger partial charge is 0.371 e. The number of nitrogens with zero attached hydrogens (tertiary/aromatic N) is 1. The Bertz CT molecular complexity index is 463. The number of anilines is 2. The molecule has 0 radical (unpaired) electrons. The maximum atomic E-state index is 13.4. The van der Waals surface area contributed by atoms with E-state index < -0.39 is 23.0 Å². The van der Waals surface area contributed by atoms with Gasteiger partial charge in [-0.2, -0.15) is 0 Å². The summed E-state index contributed by atoms with van der Waals surface area (Å²) in [4.78, 5) is 14.8. The molecule has 0 aromatic carbocycles. The van der Waals surface area contributed by atoms with Crippen LogP contribution in [0, 0.1) is 17.0 Å². The van der Waals surface area contributed by atoms with Gasteiger partial charge in [-0.3, -0.25) is 4.79 Å². The van der Waals surface area contributed by atoms with Gasteiger partial charge in [0.25, 0.3) is 0 Å². The highest BCUT2D eigenvalue weighted by atomic mass is 19.1. The summed E-state index contributed by atoms with van der Waals surface area (Å²) in [6, 6.07) is 0.721. The summed E-state index contributed by atoms with van der Waals surface area (Å²) < 4.78 is 26.6. The van der Waals surface area contributed by atoms with Crippen molar-refractivity contribution in [1.82, 2.24) is 4.98 Å². The Morgan fingerprint density at radius 2 is 1.94 bits per heavy atom. The van der Waals surface area contributed by atoms with E-state index in [1.165, 1.54) is 7.05 Å². The molecule has 1 amide bonds. The number of carbonyl (C=O) groups excluding carboxylic acids is 1. The molecule has 0 aliphatic rings. The maximum Gasteiger partial charge on any atom is 0.224 e. The van der Waals surface area contributed by atoms with Gasteiger partial charge < -0.3 is 16.4 Å². The van der Waals surface area contributed by atoms with Crippen molar-refractivity contribution >= 4 is 17.5 Å². The molecule has 0 bridgehead atoms. The standard InChI is InChI=1S/C11H16F2N4O/c1-11(2,10(14)18)5-16-9-7(13)4-6(12)8(15-3)17-9/h4H,5H2,1-3H3,(H2,14,18)(H2,15,16,17). The fourth-order valence-corrected chi connectivity index (χ4v) is 1.16. The molecule has 1 heterocycles. The highest BCUT2D eigenvalue weighted by Crippen LogP contribution is 2.21. The molecule has 0 saturated heterocycles. The van der Waals surface area contributed by atoms with Crippen LogP contribution in [-0.4, -0.2) is 24.5 Å². The fourth-order valence-electron chi connectivity index (χ4n) is 1.16. The van der Waals surface area contributed by atoms with Crippen molar-refractivity contribution in [3.8, 4) is 0 Å². The third-order valence-corrected chi connectivity index (χ3v) is 2.53. The van der Waals surface area contributed by atoms with Gasteiger partial charge in [-0.1, -0.05) is 0 Å². The van der Waals surface area contributed by atoms with Gasteiger partial charge in [0.15, 0.2) is 23.3 Å². The molecule has 100 valence electrons. The van der Waals surface area contributed by atoms with Crippen molar-refractivity contribution in [3.05, 3.63) is 17.7 Å². The van der Waals surface area contributed by atoms with Gasteiger partial charge in [-0.25, -0.2) is 13.8 Å². The highest BCUT2D eigenvalue weighted by Gasteiger charge is 2.25. The minimum absolute atomic E-state index is 0.0734. The Labute approximate surface area is 104 Å². The lowest BCUT2D eigenvalue weighted by molar-refractivity contribution is -0.125. The number of halogens is 2. The third-order valence-electron chi connectivity index (χ3n) is 2.53. The molecule has 0 saturated carbocycles. The topological polar surface area (TPSA) is 80.0 Å². The Balaban J connectivity index is 2.89. The molecule has 1 aromatic heterocycles. The van der Waals surface area contributed by atoms with E-state index in [0.717, 1.165) is 6.07 Å². The van der Waals surface area contributed by atoms with Crippen LogP contribution in [-0.2, 0) is 4.79 Å². The van der Waals surface area contributed by atoms with Crippen LogP contribution in [0.2, 0.25) is 0 Å². The Hall–Kier alpha value is -1.92. The normalized spacial score (nSPS) is 11.2. The lowest BCUT2D eigenvalue weighted by Gasteiger charge is -2.21. The molecule has 4 N–H and O–H groups in total. The van der Waals surface area contributed by atoms with Gasteiger partial charge in [0.2, 0.25) is 5.91 Å². The number of primary amides is 1. The molecule has 0 atom stereocenters. The first-order chi connectivity index (χ1) is 8.27. The first-order valence-electron chi connectivity index (χ1n) is 5.35. The van der Waals surface area contributed by atoms with Crippen LogP contribution in [0.25, 0.3) is 0 Å². The van der Waals surface area contributed by atoms with Crippen LogP contribution in [0.15, 0.2) is 6.07 Å². The second-order valence-corrected chi connectivity index (χ2v) is 4.50. The highest BCUT2D eigenvalue weighted by molar-refractivity contribution is 5.80. The Morgan fingerprint density at radius 1 is 1.39 bits per heavy atom.